The zero-order valence-electron chi connectivity index (χ0n) is 15.5. The quantitative estimate of drug-likeness (QED) is 0.886. The van der Waals surface area contributed by atoms with Crippen LogP contribution in [0.1, 0.15) is 30.3 Å². The molecule has 6 nitrogen and oxygen atoms in total. The van der Waals surface area contributed by atoms with Crippen molar-refractivity contribution in [2.24, 2.45) is 5.92 Å². The second-order valence-electron chi connectivity index (χ2n) is 6.62. The fourth-order valence-electron chi connectivity index (χ4n) is 3.19. The minimum absolute atomic E-state index is 0.00475. The second-order valence-corrected chi connectivity index (χ2v) is 6.62. The number of anilines is 2. The maximum atomic E-state index is 12.6. The first kappa shape index (κ1) is 18.0. The number of carbonyl (C=O) groups excluding carboxylic acids is 1. The highest BCUT2D eigenvalue weighted by Gasteiger charge is 2.22. The van der Waals surface area contributed by atoms with E-state index in [1.807, 2.05) is 29.2 Å². The monoisotopic (exact) mass is 355 g/mol. The van der Waals surface area contributed by atoms with Crippen LogP contribution in [0.2, 0.25) is 0 Å². The third-order valence-corrected chi connectivity index (χ3v) is 4.61. The van der Waals surface area contributed by atoms with Crippen molar-refractivity contribution >= 4 is 17.3 Å². The lowest BCUT2D eigenvalue weighted by Crippen LogP contribution is -2.39. The molecule has 138 valence electrons. The first-order valence-corrected chi connectivity index (χ1v) is 8.85. The summed E-state index contributed by atoms with van der Waals surface area (Å²) in [5.74, 6) is 1.95. The van der Waals surface area contributed by atoms with Crippen molar-refractivity contribution in [1.29, 1.82) is 0 Å². The van der Waals surface area contributed by atoms with Crippen molar-refractivity contribution in [2.45, 2.75) is 19.8 Å². The summed E-state index contributed by atoms with van der Waals surface area (Å²) < 4.78 is 10.6. The Bertz CT molecular complexity index is 761. The molecule has 0 spiro atoms. The lowest BCUT2D eigenvalue weighted by Gasteiger charge is -2.30. The molecule has 1 aromatic heterocycles. The maximum absolute atomic E-state index is 12.6. The van der Waals surface area contributed by atoms with E-state index in [0.29, 0.717) is 17.4 Å². The predicted molar refractivity (Wildman–Crippen MR) is 101 cm³/mol. The van der Waals surface area contributed by atoms with Crippen molar-refractivity contribution < 1.29 is 14.3 Å². The fourth-order valence-corrected chi connectivity index (χ4v) is 3.19. The molecule has 1 unspecified atom stereocenters. The topological polar surface area (TPSA) is 63.7 Å². The van der Waals surface area contributed by atoms with Gasteiger partial charge in [0.15, 0.2) is 0 Å². The van der Waals surface area contributed by atoms with E-state index in [4.69, 9.17) is 9.47 Å². The molecular weight excluding hydrogens is 330 g/mol. The number of benzene rings is 1. The Morgan fingerprint density at radius 3 is 2.73 bits per heavy atom. The van der Waals surface area contributed by atoms with Crippen molar-refractivity contribution in [1.82, 2.24) is 9.88 Å². The van der Waals surface area contributed by atoms with Gasteiger partial charge >= 0.3 is 0 Å². The molecule has 0 saturated carbocycles. The molecule has 1 amide bonds. The van der Waals surface area contributed by atoms with Gasteiger partial charge < -0.3 is 19.7 Å². The molecule has 26 heavy (non-hydrogen) atoms. The summed E-state index contributed by atoms with van der Waals surface area (Å²) in [5, 5.41) is 3.26. The first-order valence-electron chi connectivity index (χ1n) is 8.85. The summed E-state index contributed by atoms with van der Waals surface area (Å²) >= 11 is 0. The minimum atomic E-state index is 0.00475. The molecular formula is C20H25N3O3. The average molecular weight is 355 g/mol. The zero-order valence-corrected chi connectivity index (χ0v) is 15.5. The number of aromatic nitrogens is 1. The molecule has 2 aromatic rings. The van der Waals surface area contributed by atoms with Crippen molar-refractivity contribution in [2.75, 3.05) is 32.6 Å². The summed E-state index contributed by atoms with van der Waals surface area (Å²) in [6.07, 6.45) is 3.91. The van der Waals surface area contributed by atoms with E-state index >= 15 is 0 Å². The number of amides is 1. The summed E-state index contributed by atoms with van der Waals surface area (Å²) in [7, 11) is 3.23. The number of nitrogens with one attached hydrogen (secondary N) is 1. The molecule has 0 radical (unpaired) electrons. The third-order valence-electron chi connectivity index (χ3n) is 4.61. The van der Waals surface area contributed by atoms with Crippen molar-refractivity contribution in [3.63, 3.8) is 0 Å². The van der Waals surface area contributed by atoms with Crippen LogP contribution in [0, 0.1) is 5.92 Å². The van der Waals surface area contributed by atoms with E-state index in [2.05, 4.69) is 17.2 Å². The van der Waals surface area contributed by atoms with Crippen LogP contribution >= 0.6 is 0 Å². The SMILES string of the molecule is COc1ccc(Nc2ccc(C(=O)N3CCCC(C)C3)nc2)c(OC)c1. The van der Waals surface area contributed by atoms with E-state index in [-0.39, 0.29) is 5.91 Å². The van der Waals surface area contributed by atoms with Gasteiger partial charge in [0.2, 0.25) is 0 Å². The van der Waals surface area contributed by atoms with Gasteiger partial charge in [-0.15, -0.1) is 0 Å². The number of rotatable bonds is 5. The summed E-state index contributed by atoms with van der Waals surface area (Å²) in [6.45, 7) is 3.81. The molecule has 2 heterocycles. The van der Waals surface area contributed by atoms with Crippen LogP contribution in [-0.2, 0) is 0 Å². The normalized spacial score (nSPS) is 16.9. The number of likely N-dealkylation sites (tertiary alicyclic amines) is 1. The largest absolute Gasteiger partial charge is 0.497 e. The van der Waals surface area contributed by atoms with Gasteiger partial charge in [0.25, 0.3) is 5.91 Å². The minimum Gasteiger partial charge on any atom is -0.497 e. The number of hydrogen-bond donors (Lipinski definition) is 1. The highest BCUT2D eigenvalue weighted by atomic mass is 16.5. The maximum Gasteiger partial charge on any atom is 0.272 e. The predicted octanol–water partition coefficient (Wildman–Crippen LogP) is 3.71. The van der Waals surface area contributed by atoms with Crippen LogP contribution in [0.15, 0.2) is 36.5 Å². The third kappa shape index (κ3) is 4.07. The van der Waals surface area contributed by atoms with E-state index in [1.165, 1.54) is 6.42 Å². The van der Waals surface area contributed by atoms with Crippen molar-refractivity contribution in [3.05, 3.63) is 42.2 Å². The van der Waals surface area contributed by atoms with Gasteiger partial charge in [-0.2, -0.15) is 0 Å². The van der Waals surface area contributed by atoms with Crippen LogP contribution in [-0.4, -0.2) is 43.1 Å². The van der Waals surface area contributed by atoms with Gasteiger partial charge in [0.05, 0.1) is 31.8 Å². The fraction of sp³-hybridized carbons (Fsp3) is 0.400. The Balaban J connectivity index is 1.71. The molecule has 3 rings (SSSR count). The molecule has 1 N–H and O–H groups in total. The summed E-state index contributed by atoms with van der Waals surface area (Å²) in [4.78, 5) is 18.8. The number of nitrogens with zero attached hydrogens (tertiary/aromatic N) is 2. The number of piperidine rings is 1. The number of carbonyl (C=O) groups is 1. The molecule has 0 aliphatic carbocycles. The first-order chi connectivity index (χ1) is 12.6. The molecule has 1 atom stereocenters. The van der Waals surface area contributed by atoms with Gasteiger partial charge in [0, 0.05) is 19.2 Å². The van der Waals surface area contributed by atoms with Crippen LogP contribution in [0.3, 0.4) is 0 Å². The van der Waals surface area contributed by atoms with Gasteiger partial charge in [-0.05, 0) is 43.0 Å². The Kier molecular flexibility index (Phi) is 5.61. The lowest BCUT2D eigenvalue weighted by molar-refractivity contribution is 0.0677. The van der Waals surface area contributed by atoms with Gasteiger partial charge in [-0.25, -0.2) is 4.98 Å². The number of hydrogen-bond acceptors (Lipinski definition) is 5. The highest BCUT2D eigenvalue weighted by molar-refractivity contribution is 5.92. The Hall–Kier alpha value is -2.76. The summed E-state index contributed by atoms with van der Waals surface area (Å²) in [6, 6.07) is 9.17. The van der Waals surface area contributed by atoms with Gasteiger partial charge in [-0.1, -0.05) is 6.92 Å². The molecule has 1 aromatic carbocycles. The molecule has 1 saturated heterocycles. The Morgan fingerprint density at radius 2 is 2.08 bits per heavy atom. The smallest absolute Gasteiger partial charge is 0.272 e. The number of methoxy groups -OCH3 is 2. The molecule has 0 bridgehead atoms. The standard InChI is InChI=1S/C20H25N3O3/c1-14-5-4-10-23(13-14)20(24)18-8-6-15(12-21-18)22-17-9-7-16(25-2)11-19(17)26-3/h6-9,11-12,14,22H,4-5,10,13H2,1-3H3. The Labute approximate surface area is 154 Å². The van der Waals surface area contributed by atoms with Gasteiger partial charge in [-0.3, -0.25) is 4.79 Å². The van der Waals surface area contributed by atoms with E-state index in [9.17, 15) is 4.79 Å². The molecule has 1 fully saturated rings. The van der Waals surface area contributed by atoms with Crippen LogP contribution < -0.4 is 14.8 Å². The van der Waals surface area contributed by atoms with Crippen molar-refractivity contribution in [3.8, 4) is 11.5 Å². The molecule has 6 heteroatoms. The van der Waals surface area contributed by atoms with E-state index in [0.717, 1.165) is 36.6 Å². The summed E-state index contributed by atoms with van der Waals surface area (Å²) in [5.41, 5.74) is 2.07. The molecule has 1 aliphatic rings. The second kappa shape index (κ2) is 8.08. The average Bonchev–Trinajstić information content (AvgIpc) is 2.68. The van der Waals surface area contributed by atoms with Crippen LogP contribution in [0.25, 0.3) is 0 Å². The van der Waals surface area contributed by atoms with E-state index in [1.54, 1.807) is 26.5 Å². The number of pyridine rings is 1. The Morgan fingerprint density at radius 1 is 1.23 bits per heavy atom. The van der Waals surface area contributed by atoms with E-state index < -0.39 is 0 Å². The van der Waals surface area contributed by atoms with Gasteiger partial charge in [0.1, 0.15) is 17.2 Å². The highest BCUT2D eigenvalue weighted by Crippen LogP contribution is 2.31. The zero-order chi connectivity index (χ0) is 18.5. The van der Waals surface area contributed by atoms with Crippen LogP contribution in [0.5, 0.6) is 11.5 Å². The van der Waals surface area contributed by atoms with Crippen LogP contribution in [0.4, 0.5) is 11.4 Å². The number of ether oxygens (including phenoxy) is 2. The lowest BCUT2D eigenvalue weighted by atomic mass is 10.00. The molecule has 1 aliphatic heterocycles.